The lowest BCUT2D eigenvalue weighted by Crippen LogP contribution is -2.64. The summed E-state index contributed by atoms with van der Waals surface area (Å²) >= 11 is 0. The van der Waals surface area contributed by atoms with Gasteiger partial charge in [-0.1, -0.05) is 44.2 Å². The maximum atomic E-state index is 14.0. The van der Waals surface area contributed by atoms with Crippen LogP contribution in [0.4, 0.5) is 0 Å². The molecule has 0 aliphatic heterocycles. The van der Waals surface area contributed by atoms with Gasteiger partial charge in [-0.15, -0.1) is 0 Å². The van der Waals surface area contributed by atoms with Crippen LogP contribution in [0.2, 0.25) is 0 Å². The molecule has 31 heteroatoms. The van der Waals surface area contributed by atoms with Crippen LogP contribution in [-0.4, -0.2) is 206 Å². The summed E-state index contributed by atoms with van der Waals surface area (Å²) in [4.78, 5) is 157. The van der Waals surface area contributed by atoms with E-state index >= 15 is 0 Å². The van der Waals surface area contributed by atoms with E-state index in [1.165, 1.54) is 27.7 Å². The van der Waals surface area contributed by atoms with Gasteiger partial charge in [-0.05, 0) is 71.9 Å². The molecule has 0 saturated heterocycles. The average Bonchev–Trinajstić information content (AvgIpc) is 3.37. The predicted octanol–water partition coefficient (Wildman–Crippen LogP) is -8.68. The summed E-state index contributed by atoms with van der Waals surface area (Å²) in [5.74, 6) is -14.3. The van der Waals surface area contributed by atoms with Gasteiger partial charge in [0.25, 0.3) is 0 Å². The Bertz CT molecular complexity index is 2250. The molecule has 31 nitrogen and oxygen atoms in total. The van der Waals surface area contributed by atoms with E-state index in [1.807, 2.05) is 0 Å². The lowest BCUT2D eigenvalue weighted by molar-refractivity contribution is -0.142. The number of hydrogen-bond acceptors (Lipinski definition) is 19. The number of aliphatic hydroxyl groups excluding tert-OH is 5. The van der Waals surface area contributed by atoms with Crippen LogP contribution in [0.15, 0.2) is 30.3 Å². The average molecular weight is 1130 g/mol. The quantitative estimate of drug-likeness (QED) is 0.0281. The molecule has 22 N–H and O–H groups in total. The third kappa shape index (κ3) is 24.0. The van der Waals surface area contributed by atoms with Crippen LogP contribution in [-0.2, 0) is 64.0 Å². The summed E-state index contributed by atoms with van der Waals surface area (Å²) in [5, 5.41) is 83.7. The van der Waals surface area contributed by atoms with Gasteiger partial charge in [-0.2, -0.15) is 0 Å². The number of nitrogens with one attached hydrogen (secondary N) is 10. The first-order valence-corrected chi connectivity index (χ1v) is 25.2. The molecule has 0 bridgehead atoms. The Morgan fingerprint density at radius 1 is 0.468 bits per heavy atom. The molecule has 0 radical (unpaired) electrons. The smallest absolute Gasteiger partial charge is 0.325 e. The standard InChI is InChI=1S/C48H79N13O18/c1-21(2)34(44(74)53-28(15-11-12-16-49)39(69)52-23(4)48(78)79)58-46(76)37(26(7)66)61-47(77)36(25(6)65)60-43(73)32(20-63)57-45(75)35(24(5)64)59-41(71)29(17-27-13-9-8-10-14-27)54-40(70)30(18-33(51)67)55-42(72)31(19-62)56-38(68)22(3)50/h8-10,13-14,21-26,28-32,34-37,62-66H,11-12,15-20,49-50H2,1-7H3,(H2,51,67)(H,52,69)(H,53,74)(H,54,70)(H,55,72)(H,56,68)(H,57,75)(H,58,76)(H,59,71)(H,60,73)(H,61,77)(H,78,79)/t22-,23-,24+,25+,26+,28-,29-,30-,31-,32-,34-,35-,36-,37-/m0/s1. The molecule has 0 saturated carbocycles. The van der Waals surface area contributed by atoms with Gasteiger partial charge in [-0.3, -0.25) is 57.5 Å². The van der Waals surface area contributed by atoms with Crippen LogP contribution in [0.25, 0.3) is 0 Å². The first kappa shape index (κ1) is 69.6. The monoisotopic (exact) mass is 1130 g/mol. The molecule has 0 aliphatic carbocycles. The van der Waals surface area contributed by atoms with Crippen LogP contribution in [0.1, 0.15) is 79.7 Å². The number of unbranched alkanes of at least 4 members (excludes halogenated alkanes) is 1. The summed E-state index contributed by atoms with van der Waals surface area (Å²) in [7, 11) is 0. The Balaban J connectivity index is 3.37. The molecule has 14 atom stereocenters. The van der Waals surface area contributed by atoms with E-state index in [0.29, 0.717) is 18.4 Å². The second kappa shape index (κ2) is 34.5. The van der Waals surface area contributed by atoms with Crippen molar-refractivity contribution in [2.45, 2.75) is 165 Å². The van der Waals surface area contributed by atoms with Crippen LogP contribution >= 0.6 is 0 Å². The Hall–Kier alpha value is -7.42. The zero-order valence-corrected chi connectivity index (χ0v) is 45.0. The fourth-order valence-electron chi connectivity index (χ4n) is 7.11. The highest BCUT2D eigenvalue weighted by Crippen LogP contribution is 2.10. The van der Waals surface area contributed by atoms with Crippen molar-refractivity contribution in [2.24, 2.45) is 23.1 Å². The van der Waals surface area contributed by atoms with Crippen molar-refractivity contribution in [2.75, 3.05) is 19.8 Å². The van der Waals surface area contributed by atoms with E-state index in [9.17, 15) is 88.2 Å². The SMILES string of the molecule is CC(C)[C@H](NC(=O)[C@@H](NC(=O)[C@@H](NC(=O)[C@H](CO)NC(=O)[C@@H](NC(=O)[C@H](Cc1ccccc1)NC(=O)[C@H](CC(N)=O)NC(=O)[C@H](CO)NC(=O)[C@H](C)N)[C@@H](C)O)[C@@H](C)O)[C@@H](C)O)C(=O)N[C@@H](CCCCN)C(=O)N[C@@H](C)C(=O)O. The number of primary amides is 1. The van der Waals surface area contributed by atoms with E-state index in [-0.39, 0.29) is 19.4 Å². The number of carbonyl (C=O) groups excluding carboxylic acids is 11. The largest absolute Gasteiger partial charge is 0.480 e. The van der Waals surface area contributed by atoms with Crippen LogP contribution in [0.3, 0.4) is 0 Å². The van der Waals surface area contributed by atoms with E-state index in [2.05, 4.69) is 53.2 Å². The highest BCUT2D eigenvalue weighted by atomic mass is 16.4. The predicted molar refractivity (Wildman–Crippen MR) is 277 cm³/mol. The molecule has 11 amide bonds. The fourth-order valence-corrected chi connectivity index (χ4v) is 7.11. The molecule has 0 unspecified atom stereocenters. The number of carboxylic acid groups (broad SMARTS) is 1. The maximum Gasteiger partial charge on any atom is 0.325 e. The molecule has 1 aromatic rings. The molecule has 79 heavy (non-hydrogen) atoms. The van der Waals surface area contributed by atoms with Gasteiger partial charge in [0.05, 0.1) is 44.0 Å². The summed E-state index contributed by atoms with van der Waals surface area (Å²) in [6.45, 7) is 6.80. The molecule has 444 valence electrons. The lowest BCUT2D eigenvalue weighted by Gasteiger charge is -2.30. The van der Waals surface area contributed by atoms with Crippen molar-refractivity contribution >= 4 is 70.9 Å². The number of aliphatic carboxylic acids is 1. The molecule has 0 heterocycles. The summed E-state index contributed by atoms with van der Waals surface area (Å²) < 4.78 is 0. The van der Waals surface area contributed by atoms with E-state index in [4.69, 9.17) is 17.2 Å². The first-order chi connectivity index (χ1) is 36.9. The van der Waals surface area contributed by atoms with Gasteiger partial charge < -0.3 is 101 Å². The number of hydrogen-bond donors (Lipinski definition) is 19. The number of carboxylic acids is 1. The Morgan fingerprint density at radius 2 is 0.835 bits per heavy atom. The fraction of sp³-hybridized carbons (Fsp3) is 0.625. The minimum atomic E-state index is -1.99. The van der Waals surface area contributed by atoms with Crippen molar-refractivity contribution in [3.8, 4) is 0 Å². The number of amides is 11. The van der Waals surface area contributed by atoms with Crippen molar-refractivity contribution in [3.63, 3.8) is 0 Å². The highest BCUT2D eigenvalue weighted by Gasteiger charge is 2.39. The van der Waals surface area contributed by atoms with Crippen molar-refractivity contribution in [1.82, 2.24) is 53.2 Å². The topological polar surface area (TPSA) is 525 Å². The number of rotatable bonds is 35. The van der Waals surface area contributed by atoms with Gasteiger partial charge in [0, 0.05) is 6.42 Å². The normalized spacial score (nSPS) is 16.5. The van der Waals surface area contributed by atoms with Crippen LogP contribution in [0.5, 0.6) is 0 Å². The molecule has 0 aliphatic rings. The van der Waals surface area contributed by atoms with Crippen LogP contribution in [0, 0.1) is 5.92 Å². The van der Waals surface area contributed by atoms with Gasteiger partial charge in [0.2, 0.25) is 65.0 Å². The molecule has 1 aromatic carbocycles. The van der Waals surface area contributed by atoms with Crippen molar-refractivity contribution in [3.05, 3.63) is 35.9 Å². The molecular weight excluding hydrogens is 1050 g/mol. The molecule has 0 fully saturated rings. The van der Waals surface area contributed by atoms with Gasteiger partial charge in [0.1, 0.15) is 60.4 Å². The van der Waals surface area contributed by atoms with Gasteiger partial charge in [-0.25, -0.2) is 0 Å². The van der Waals surface area contributed by atoms with Gasteiger partial charge >= 0.3 is 5.97 Å². The number of carbonyl (C=O) groups is 12. The Labute approximate surface area is 455 Å². The van der Waals surface area contributed by atoms with E-state index < -0.39 is 181 Å². The van der Waals surface area contributed by atoms with Gasteiger partial charge in [0.15, 0.2) is 0 Å². The second-order valence-electron chi connectivity index (χ2n) is 19.1. The molecule has 0 spiro atoms. The number of benzene rings is 1. The second-order valence-corrected chi connectivity index (χ2v) is 19.1. The molecule has 1 rings (SSSR count). The van der Waals surface area contributed by atoms with E-state index in [1.54, 1.807) is 30.3 Å². The zero-order chi connectivity index (χ0) is 60.4. The van der Waals surface area contributed by atoms with E-state index in [0.717, 1.165) is 20.8 Å². The summed E-state index contributed by atoms with van der Waals surface area (Å²) in [6, 6.07) is -10.2. The van der Waals surface area contributed by atoms with Crippen molar-refractivity contribution < 1.29 is 88.2 Å². The maximum absolute atomic E-state index is 14.0. The Kier molecular flexibility index (Phi) is 30.4. The number of nitrogens with two attached hydrogens (primary N) is 3. The highest BCUT2D eigenvalue weighted by molar-refractivity contribution is 6.00. The molecular formula is C48H79N13O18. The third-order valence-electron chi connectivity index (χ3n) is 11.7. The number of aliphatic hydroxyl groups is 5. The summed E-state index contributed by atoms with van der Waals surface area (Å²) in [5.41, 5.74) is 16.8. The minimum absolute atomic E-state index is 0.0384. The Morgan fingerprint density at radius 3 is 1.27 bits per heavy atom. The molecule has 0 aromatic heterocycles. The summed E-state index contributed by atoms with van der Waals surface area (Å²) in [6.07, 6.45) is -5.61. The minimum Gasteiger partial charge on any atom is -0.480 e. The van der Waals surface area contributed by atoms with Crippen molar-refractivity contribution in [1.29, 1.82) is 0 Å². The lowest BCUT2D eigenvalue weighted by atomic mass is 10.0. The first-order valence-electron chi connectivity index (χ1n) is 25.2. The third-order valence-corrected chi connectivity index (χ3v) is 11.7. The zero-order valence-electron chi connectivity index (χ0n) is 45.0. The van der Waals surface area contributed by atoms with Crippen LogP contribution < -0.4 is 70.4 Å².